The van der Waals surface area contributed by atoms with Crippen LogP contribution in [0.5, 0.6) is 5.75 Å². The number of nitrogens with zero attached hydrogens (tertiary/aromatic N) is 4. The zero-order chi connectivity index (χ0) is 22.7. The van der Waals surface area contributed by atoms with Gasteiger partial charge in [-0.05, 0) is 42.0 Å². The number of rotatable bonds is 7. The van der Waals surface area contributed by atoms with Gasteiger partial charge < -0.3 is 10.1 Å². The van der Waals surface area contributed by atoms with Gasteiger partial charge >= 0.3 is 0 Å². The molecule has 0 fully saturated rings. The second-order valence-electron chi connectivity index (χ2n) is 6.68. The molecule has 32 heavy (non-hydrogen) atoms. The minimum Gasteiger partial charge on any atom is -0.470 e. The molecule has 2 aromatic carbocycles. The average Bonchev–Trinajstić information content (AvgIpc) is 3.39. The molecule has 4 aromatic rings. The number of halogens is 4. The summed E-state index contributed by atoms with van der Waals surface area (Å²) < 4.78 is 9.66. The van der Waals surface area contributed by atoms with Gasteiger partial charge in [0, 0.05) is 33.0 Å². The smallest absolute Gasteiger partial charge is 0.277 e. The summed E-state index contributed by atoms with van der Waals surface area (Å²) in [5.74, 6) is 0.524. The van der Waals surface area contributed by atoms with Crippen LogP contribution in [0.15, 0.2) is 65.4 Å². The molecule has 2 heterocycles. The normalized spacial score (nSPS) is 10.9. The first-order valence-electron chi connectivity index (χ1n) is 9.27. The van der Waals surface area contributed by atoms with Crippen LogP contribution in [0, 0.1) is 0 Å². The highest BCUT2D eigenvalue weighted by Crippen LogP contribution is 2.28. The number of anilines is 1. The molecule has 0 spiro atoms. The van der Waals surface area contributed by atoms with Gasteiger partial charge in [-0.3, -0.25) is 9.48 Å². The molecule has 4 rings (SSSR count). The number of carbonyl (C=O) groups is 1. The van der Waals surface area contributed by atoms with Crippen molar-refractivity contribution in [3.8, 4) is 5.75 Å². The van der Waals surface area contributed by atoms with Crippen LogP contribution in [0.4, 0.5) is 5.82 Å². The van der Waals surface area contributed by atoms with Gasteiger partial charge in [0.2, 0.25) is 0 Å². The van der Waals surface area contributed by atoms with E-state index in [-0.39, 0.29) is 18.3 Å². The predicted molar refractivity (Wildman–Crippen MR) is 128 cm³/mol. The van der Waals surface area contributed by atoms with E-state index >= 15 is 0 Å². The molecular weight excluding hydrogens is 541 g/mol. The summed E-state index contributed by atoms with van der Waals surface area (Å²) in [6.07, 6.45) is 3.39. The van der Waals surface area contributed by atoms with E-state index in [4.69, 9.17) is 39.5 Å². The number of benzene rings is 2. The van der Waals surface area contributed by atoms with E-state index in [1.165, 1.54) is 4.68 Å². The van der Waals surface area contributed by atoms with Crippen LogP contribution < -0.4 is 10.1 Å². The fourth-order valence-electron chi connectivity index (χ4n) is 2.80. The molecule has 164 valence electrons. The van der Waals surface area contributed by atoms with Gasteiger partial charge in [0.15, 0.2) is 18.2 Å². The van der Waals surface area contributed by atoms with Gasteiger partial charge in [0.05, 0.1) is 11.6 Å². The Hall–Kier alpha value is -2.52. The molecule has 0 bridgehead atoms. The first-order valence-corrected chi connectivity index (χ1v) is 11.2. The highest BCUT2D eigenvalue weighted by Gasteiger charge is 2.12. The molecule has 2 aromatic heterocycles. The van der Waals surface area contributed by atoms with Crippen molar-refractivity contribution in [3.63, 3.8) is 0 Å². The Morgan fingerprint density at radius 1 is 0.969 bits per heavy atom. The first-order chi connectivity index (χ1) is 15.4. The van der Waals surface area contributed by atoms with Crippen molar-refractivity contribution in [2.45, 2.75) is 13.3 Å². The maximum absolute atomic E-state index is 12.5. The Balaban J connectivity index is 1.35. The molecule has 0 aliphatic heterocycles. The molecule has 0 saturated heterocycles. The van der Waals surface area contributed by atoms with Crippen LogP contribution in [-0.2, 0) is 13.3 Å². The standard InChI is InChI=1S/C21H15BrCl3N5O2/c22-14-2-4-19(17(25)9-14)32-12-30-7-5-18(27-30)21(31)26-20-6-8-29(28-20)11-13-1-3-15(23)10-16(13)24/h1-10H,11-12H2,(H,26,28,31). The molecule has 0 radical (unpaired) electrons. The van der Waals surface area contributed by atoms with Crippen molar-refractivity contribution in [1.29, 1.82) is 0 Å². The topological polar surface area (TPSA) is 74.0 Å². The Morgan fingerprint density at radius 2 is 1.78 bits per heavy atom. The summed E-state index contributed by atoms with van der Waals surface area (Å²) in [6.45, 7) is 0.543. The van der Waals surface area contributed by atoms with Crippen molar-refractivity contribution in [1.82, 2.24) is 19.6 Å². The fraction of sp³-hybridized carbons (Fsp3) is 0.0952. The Bertz CT molecular complexity index is 1270. The molecule has 1 N–H and O–H groups in total. The van der Waals surface area contributed by atoms with Crippen LogP contribution in [0.2, 0.25) is 15.1 Å². The number of aromatic nitrogens is 4. The van der Waals surface area contributed by atoms with E-state index in [0.717, 1.165) is 10.0 Å². The quantitative estimate of drug-likeness (QED) is 0.297. The number of hydrogen-bond donors (Lipinski definition) is 1. The van der Waals surface area contributed by atoms with Crippen LogP contribution in [0.25, 0.3) is 0 Å². The highest BCUT2D eigenvalue weighted by molar-refractivity contribution is 9.10. The van der Waals surface area contributed by atoms with Gasteiger partial charge in [-0.1, -0.05) is 56.8 Å². The number of amides is 1. The lowest BCUT2D eigenvalue weighted by molar-refractivity contribution is 0.101. The Morgan fingerprint density at radius 3 is 2.56 bits per heavy atom. The minimum atomic E-state index is -0.389. The van der Waals surface area contributed by atoms with Gasteiger partial charge in [-0.2, -0.15) is 10.2 Å². The summed E-state index contributed by atoms with van der Waals surface area (Å²) in [5.41, 5.74) is 1.09. The molecule has 0 unspecified atom stereocenters. The summed E-state index contributed by atoms with van der Waals surface area (Å²) in [7, 11) is 0. The molecule has 7 nitrogen and oxygen atoms in total. The van der Waals surface area contributed by atoms with E-state index in [2.05, 4.69) is 31.4 Å². The lowest BCUT2D eigenvalue weighted by atomic mass is 10.2. The molecular formula is C21H15BrCl3N5O2. The summed E-state index contributed by atoms with van der Waals surface area (Å²) in [5, 5.41) is 12.9. The zero-order valence-corrected chi connectivity index (χ0v) is 20.2. The lowest BCUT2D eigenvalue weighted by Crippen LogP contribution is -2.15. The third kappa shape index (κ3) is 5.63. The SMILES string of the molecule is O=C(Nc1ccn(Cc2ccc(Cl)cc2Cl)n1)c1ccn(COc2ccc(Br)cc2Cl)n1. The third-order valence-electron chi connectivity index (χ3n) is 4.35. The fourth-order valence-corrected chi connectivity index (χ4v) is 4.00. The summed E-state index contributed by atoms with van der Waals surface area (Å²) >= 11 is 21.6. The van der Waals surface area contributed by atoms with Crippen LogP contribution >= 0.6 is 50.7 Å². The molecule has 1 amide bonds. The van der Waals surface area contributed by atoms with E-state index in [1.54, 1.807) is 53.5 Å². The Labute approximate surface area is 207 Å². The van der Waals surface area contributed by atoms with Crippen molar-refractivity contribution < 1.29 is 9.53 Å². The second-order valence-corrected chi connectivity index (χ2v) is 8.84. The summed E-state index contributed by atoms with van der Waals surface area (Å²) in [6, 6.07) is 13.9. The molecule has 11 heteroatoms. The highest BCUT2D eigenvalue weighted by atomic mass is 79.9. The zero-order valence-electron chi connectivity index (χ0n) is 16.3. The minimum absolute atomic E-state index is 0.102. The summed E-state index contributed by atoms with van der Waals surface area (Å²) in [4.78, 5) is 12.5. The van der Waals surface area contributed by atoms with Crippen molar-refractivity contribution >= 4 is 62.5 Å². The monoisotopic (exact) mass is 553 g/mol. The van der Waals surface area contributed by atoms with Crippen LogP contribution in [0.3, 0.4) is 0 Å². The van der Waals surface area contributed by atoms with Crippen LogP contribution in [-0.4, -0.2) is 25.5 Å². The molecule has 0 aliphatic carbocycles. The maximum atomic E-state index is 12.5. The van der Waals surface area contributed by atoms with Gasteiger partial charge in [0.1, 0.15) is 5.75 Å². The van der Waals surface area contributed by atoms with E-state index < -0.39 is 0 Å². The van der Waals surface area contributed by atoms with Crippen molar-refractivity contribution in [2.24, 2.45) is 0 Å². The number of hydrogen-bond acceptors (Lipinski definition) is 4. The molecule has 0 atom stereocenters. The van der Waals surface area contributed by atoms with Crippen molar-refractivity contribution in [2.75, 3.05) is 5.32 Å². The average molecular weight is 556 g/mol. The van der Waals surface area contributed by atoms with Gasteiger partial charge in [-0.15, -0.1) is 0 Å². The van der Waals surface area contributed by atoms with E-state index in [0.29, 0.717) is 33.2 Å². The molecule has 0 aliphatic rings. The first kappa shape index (κ1) is 22.7. The van der Waals surface area contributed by atoms with Gasteiger partial charge in [-0.25, -0.2) is 4.68 Å². The predicted octanol–water partition coefficient (Wildman–Crippen LogP) is 6.14. The van der Waals surface area contributed by atoms with E-state index in [9.17, 15) is 4.79 Å². The molecule has 0 saturated carbocycles. The van der Waals surface area contributed by atoms with Crippen LogP contribution in [0.1, 0.15) is 16.1 Å². The van der Waals surface area contributed by atoms with Crippen molar-refractivity contribution in [3.05, 3.63) is 91.7 Å². The number of ether oxygens (including phenoxy) is 1. The lowest BCUT2D eigenvalue weighted by Gasteiger charge is -2.08. The second kappa shape index (κ2) is 9.95. The Kier molecular flexibility index (Phi) is 7.05. The maximum Gasteiger partial charge on any atom is 0.277 e. The largest absolute Gasteiger partial charge is 0.470 e. The van der Waals surface area contributed by atoms with Gasteiger partial charge in [0.25, 0.3) is 5.91 Å². The van der Waals surface area contributed by atoms with E-state index in [1.807, 2.05) is 12.1 Å². The third-order valence-corrected chi connectivity index (χ3v) is 5.72. The number of carbonyl (C=O) groups excluding carboxylic acids is 1. The number of nitrogens with one attached hydrogen (secondary N) is 1.